The molecular weight excluding hydrogens is 281 g/mol. The summed E-state index contributed by atoms with van der Waals surface area (Å²) in [6.45, 7) is 3.64. The molecule has 1 unspecified atom stereocenters. The molecule has 2 aromatic rings. The van der Waals surface area contributed by atoms with E-state index >= 15 is 0 Å². The largest absolute Gasteiger partial charge is 0.496 e. The summed E-state index contributed by atoms with van der Waals surface area (Å²) in [7, 11) is 0.260. The van der Waals surface area contributed by atoms with Crippen molar-refractivity contribution in [2.45, 2.75) is 25.4 Å². The van der Waals surface area contributed by atoms with Gasteiger partial charge in [-0.3, -0.25) is 4.21 Å². The predicted octanol–water partition coefficient (Wildman–Crippen LogP) is 2.89. The van der Waals surface area contributed by atoms with Crippen LogP contribution in [0.1, 0.15) is 22.9 Å². The molecule has 1 aromatic heterocycles. The number of aromatic nitrogens is 1. The summed E-state index contributed by atoms with van der Waals surface area (Å²) in [6.07, 6.45) is 0. The smallest absolute Gasteiger partial charge is 0.207 e. The Morgan fingerprint density at radius 2 is 2.10 bits per heavy atom. The number of nitrogens with zero attached hydrogens (tertiary/aromatic N) is 1. The van der Waals surface area contributed by atoms with Gasteiger partial charge < -0.3 is 9.15 Å². The zero-order valence-corrected chi connectivity index (χ0v) is 12.4. The van der Waals surface area contributed by atoms with Crippen molar-refractivity contribution in [3.05, 3.63) is 46.9 Å². The number of benzene rings is 1. The molecule has 1 heterocycles. The summed E-state index contributed by atoms with van der Waals surface area (Å²) in [6, 6.07) is 4.18. The van der Waals surface area contributed by atoms with Crippen LogP contribution >= 0.6 is 0 Å². The Kier molecular flexibility index (Phi) is 4.54. The molecule has 0 aliphatic heterocycles. The fraction of sp³-hybridized carbons (Fsp3) is 0.357. The summed E-state index contributed by atoms with van der Waals surface area (Å²) < 4.78 is 35.9. The predicted molar refractivity (Wildman–Crippen MR) is 74.5 cm³/mol. The van der Waals surface area contributed by atoms with Crippen molar-refractivity contribution < 1.29 is 17.8 Å². The van der Waals surface area contributed by atoms with E-state index in [0.29, 0.717) is 17.2 Å². The third-order valence-electron chi connectivity index (χ3n) is 2.92. The van der Waals surface area contributed by atoms with E-state index in [2.05, 4.69) is 4.98 Å². The normalized spacial score (nSPS) is 12.4. The Morgan fingerprint density at radius 3 is 2.70 bits per heavy atom. The lowest BCUT2D eigenvalue weighted by molar-refractivity contribution is 0.410. The number of ether oxygens (including phenoxy) is 1. The van der Waals surface area contributed by atoms with Gasteiger partial charge in [0.25, 0.3) is 0 Å². The van der Waals surface area contributed by atoms with E-state index in [0.717, 1.165) is 11.5 Å². The molecule has 0 radical (unpaired) electrons. The van der Waals surface area contributed by atoms with Crippen LogP contribution in [-0.2, 0) is 22.3 Å². The van der Waals surface area contributed by atoms with Gasteiger partial charge >= 0.3 is 0 Å². The van der Waals surface area contributed by atoms with Gasteiger partial charge in [0.15, 0.2) is 0 Å². The summed E-state index contributed by atoms with van der Waals surface area (Å²) in [5, 5.41) is 0. The van der Waals surface area contributed by atoms with E-state index in [4.69, 9.17) is 9.15 Å². The first-order valence-corrected chi connectivity index (χ1v) is 7.58. The van der Waals surface area contributed by atoms with Crippen LogP contribution in [0.25, 0.3) is 0 Å². The number of hydrogen-bond donors (Lipinski definition) is 0. The van der Waals surface area contributed by atoms with Crippen LogP contribution in [0.5, 0.6) is 5.75 Å². The van der Waals surface area contributed by atoms with E-state index in [-0.39, 0.29) is 17.3 Å². The van der Waals surface area contributed by atoms with Gasteiger partial charge in [0.2, 0.25) is 5.89 Å². The van der Waals surface area contributed by atoms with Crippen LogP contribution in [0.4, 0.5) is 4.39 Å². The number of rotatable bonds is 5. The minimum atomic E-state index is -1.24. The van der Waals surface area contributed by atoms with E-state index in [9.17, 15) is 8.60 Å². The highest BCUT2D eigenvalue weighted by molar-refractivity contribution is 7.83. The molecule has 108 valence electrons. The van der Waals surface area contributed by atoms with Crippen LogP contribution in [0.3, 0.4) is 0 Å². The van der Waals surface area contributed by atoms with Crippen molar-refractivity contribution in [2.75, 3.05) is 7.11 Å². The average molecular weight is 297 g/mol. The van der Waals surface area contributed by atoms with E-state index in [1.165, 1.54) is 25.3 Å². The summed E-state index contributed by atoms with van der Waals surface area (Å²) in [5.74, 6) is 1.71. The van der Waals surface area contributed by atoms with Crippen molar-refractivity contribution in [2.24, 2.45) is 0 Å². The third kappa shape index (κ3) is 3.45. The monoisotopic (exact) mass is 297 g/mol. The van der Waals surface area contributed by atoms with Crippen LogP contribution in [0.15, 0.2) is 22.6 Å². The van der Waals surface area contributed by atoms with Crippen molar-refractivity contribution in [3.8, 4) is 5.75 Å². The number of oxazole rings is 1. The standard InChI is InChI=1S/C14H16FNO3S/c1-9-10(2)19-14(16-9)8-20(17)7-11-6-12(15)4-5-13(11)18-3/h4-6H,7-8H2,1-3H3. The molecule has 0 spiro atoms. The number of methoxy groups -OCH3 is 1. The maximum atomic E-state index is 13.2. The van der Waals surface area contributed by atoms with Gasteiger partial charge in [-0.05, 0) is 32.0 Å². The van der Waals surface area contributed by atoms with E-state index in [1.807, 2.05) is 13.8 Å². The Balaban J connectivity index is 2.10. The van der Waals surface area contributed by atoms with Crippen LogP contribution in [-0.4, -0.2) is 16.3 Å². The van der Waals surface area contributed by atoms with Crippen molar-refractivity contribution in [1.29, 1.82) is 0 Å². The molecule has 1 atom stereocenters. The molecule has 1 aromatic carbocycles. The second-order valence-electron chi connectivity index (χ2n) is 4.43. The molecule has 0 bridgehead atoms. The summed E-state index contributed by atoms with van der Waals surface area (Å²) in [5.41, 5.74) is 1.37. The van der Waals surface area contributed by atoms with Gasteiger partial charge in [-0.15, -0.1) is 0 Å². The van der Waals surface area contributed by atoms with Gasteiger partial charge in [0, 0.05) is 16.4 Å². The Hall–Kier alpha value is -1.69. The first kappa shape index (κ1) is 14.7. The average Bonchev–Trinajstić information content (AvgIpc) is 2.68. The number of hydrogen-bond acceptors (Lipinski definition) is 4. The summed E-state index contributed by atoms with van der Waals surface area (Å²) in [4.78, 5) is 4.19. The van der Waals surface area contributed by atoms with Gasteiger partial charge in [-0.25, -0.2) is 9.37 Å². The Bertz CT molecular complexity index is 620. The van der Waals surface area contributed by atoms with Crippen LogP contribution in [0, 0.1) is 19.7 Å². The fourth-order valence-electron chi connectivity index (χ4n) is 1.82. The lowest BCUT2D eigenvalue weighted by Gasteiger charge is -2.07. The quantitative estimate of drug-likeness (QED) is 0.851. The first-order valence-electron chi connectivity index (χ1n) is 6.10. The maximum absolute atomic E-state index is 13.2. The van der Waals surface area contributed by atoms with E-state index < -0.39 is 10.8 Å². The summed E-state index contributed by atoms with van der Waals surface area (Å²) >= 11 is 0. The highest BCUT2D eigenvalue weighted by Crippen LogP contribution is 2.22. The number of aryl methyl sites for hydroxylation is 2. The zero-order valence-electron chi connectivity index (χ0n) is 11.6. The van der Waals surface area contributed by atoms with Crippen molar-refractivity contribution >= 4 is 10.8 Å². The molecular formula is C14H16FNO3S. The van der Waals surface area contributed by atoms with Crippen LogP contribution in [0.2, 0.25) is 0 Å². The molecule has 6 heteroatoms. The molecule has 2 rings (SSSR count). The molecule has 0 amide bonds. The van der Waals surface area contributed by atoms with Gasteiger partial charge in [-0.1, -0.05) is 0 Å². The molecule has 0 aliphatic rings. The van der Waals surface area contributed by atoms with Crippen LogP contribution < -0.4 is 4.74 Å². The minimum Gasteiger partial charge on any atom is -0.496 e. The molecule has 0 saturated carbocycles. The van der Waals surface area contributed by atoms with Gasteiger partial charge in [-0.2, -0.15) is 0 Å². The van der Waals surface area contributed by atoms with Gasteiger partial charge in [0.1, 0.15) is 23.1 Å². The number of halogens is 1. The van der Waals surface area contributed by atoms with Crippen molar-refractivity contribution in [3.63, 3.8) is 0 Å². The highest BCUT2D eigenvalue weighted by atomic mass is 32.2. The lowest BCUT2D eigenvalue weighted by Crippen LogP contribution is -2.02. The Labute approximate surface area is 119 Å². The second kappa shape index (κ2) is 6.17. The highest BCUT2D eigenvalue weighted by Gasteiger charge is 2.13. The fourth-order valence-corrected chi connectivity index (χ4v) is 2.90. The molecule has 0 fully saturated rings. The molecule has 0 saturated heterocycles. The Morgan fingerprint density at radius 1 is 1.35 bits per heavy atom. The maximum Gasteiger partial charge on any atom is 0.207 e. The molecule has 0 N–H and O–H groups in total. The molecule has 0 aliphatic carbocycles. The van der Waals surface area contributed by atoms with Crippen molar-refractivity contribution in [1.82, 2.24) is 4.98 Å². The topological polar surface area (TPSA) is 52.3 Å². The zero-order chi connectivity index (χ0) is 14.7. The second-order valence-corrected chi connectivity index (χ2v) is 5.89. The SMILES string of the molecule is COc1ccc(F)cc1CS(=O)Cc1nc(C)c(C)o1. The lowest BCUT2D eigenvalue weighted by atomic mass is 10.2. The third-order valence-corrected chi connectivity index (χ3v) is 4.12. The van der Waals surface area contributed by atoms with E-state index in [1.54, 1.807) is 0 Å². The first-order chi connectivity index (χ1) is 9.49. The molecule has 20 heavy (non-hydrogen) atoms. The van der Waals surface area contributed by atoms with Gasteiger partial charge in [0.05, 0.1) is 18.6 Å². The minimum absolute atomic E-state index is 0.196. The molecule has 4 nitrogen and oxygen atoms in total.